The lowest BCUT2D eigenvalue weighted by Gasteiger charge is -2.42. The van der Waals surface area contributed by atoms with E-state index in [1.165, 1.54) is 0 Å². The molecule has 1 aliphatic carbocycles. The smallest absolute Gasteiger partial charge is 0.0971 e. The van der Waals surface area contributed by atoms with Crippen LogP contribution in [-0.2, 0) is 0 Å². The van der Waals surface area contributed by atoms with Crippen LogP contribution in [0, 0.1) is 5.92 Å². The molecule has 1 aromatic carbocycles. The molecule has 0 fully saturated rings. The molecule has 1 radical (unpaired) electrons. The predicted molar refractivity (Wildman–Crippen MR) is 91.6 cm³/mol. The molecule has 0 spiro atoms. The van der Waals surface area contributed by atoms with Crippen molar-refractivity contribution in [1.29, 1.82) is 0 Å². The van der Waals surface area contributed by atoms with E-state index in [0.717, 1.165) is 11.1 Å². The largest absolute Gasteiger partial charge is 0.226 e. The highest BCUT2D eigenvalue weighted by atomic mass is 35.6. The van der Waals surface area contributed by atoms with E-state index in [9.17, 15) is 0 Å². The van der Waals surface area contributed by atoms with Crippen LogP contribution < -0.4 is 0 Å². The van der Waals surface area contributed by atoms with E-state index in [1.807, 2.05) is 36.4 Å². The number of hydrogen-bond acceptors (Lipinski definition) is 0. The second-order valence-corrected chi connectivity index (χ2v) is 9.25. The molecule has 1 aliphatic rings. The minimum Gasteiger partial charge on any atom is -0.0971 e. The first-order chi connectivity index (χ1) is 9.09. The van der Waals surface area contributed by atoms with Gasteiger partial charge in [-0.3, -0.25) is 0 Å². The zero-order valence-electron chi connectivity index (χ0n) is 9.82. The molecule has 0 bridgehead atoms. The second kappa shape index (κ2) is 5.89. The maximum atomic E-state index is 6.40. The lowest BCUT2D eigenvalue weighted by molar-refractivity contribution is 0.665. The summed E-state index contributed by atoms with van der Waals surface area (Å²) >= 11 is 42.6. The molecule has 0 saturated carbocycles. The monoisotopic (exact) mass is 409 g/mol. The van der Waals surface area contributed by atoms with E-state index in [1.54, 1.807) is 0 Å². The van der Waals surface area contributed by atoms with E-state index >= 15 is 0 Å². The molecule has 0 amide bonds. The molecule has 0 aromatic heterocycles. The van der Waals surface area contributed by atoms with E-state index in [-0.39, 0.29) is 0 Å². The van der Waals surface area contributed by atoms with Crippen LogP contribution in [0.5, 0.6) is 0 Å². The SMILES string of the molecule is ClC(Cl)(Cl)C(Cl)(Cl)C(Cl)(Cl)[C]1CC=Cc2ccccc21. The zero-order valence-corrected chi connectivity index (χ0v) is 15.1. The second-order valence-electron chi connectivity index (χ2n) is 4.32. The van der Waals surface area contributed by atoms with Crippen molar-refractivity contribution in [2.45, 2.75) is 18.9 Å². The Kier molecular flexibility index (Phi) is 5.11. The Labute approximate surface area is 152 Å². The van der Waals surface area contributed by atoms with Gasteiger partial charge in [-0.25, -0.2) is 0 Å². The van der Waals surface area contributed by atoms with Gasteiger partial charge in [0.2, 0.25) is 3.79 Å². The summed E-state index contributed by atoms with van der Waals surface area (Å²) in [6.07, 6.45) is 4.33. The molecule has 0 unspecified atom stereocenters. The van der Waals surface area contributed by atoms with Crippen LogP contribution in [0.3, 0.4) is 0 Å². The maximum absolute atomic E-state index is 6.40. The van der Waals surface area contributed by atoms with Gasteiger partial charge in [0.1, 0.15) is 0 Å². The molecule has 0 saturated heterocycles. The van der Waals surface area contributed by atoms with Gasteiger partial charge < -0.3 is 0 Å². The highest BCUT2D eigenvalue weighted by Crippen LogP contribution is 2.61. The first-order valence-corrected chi connectivity index (χ1v) is 8.18. The van der Waals surface area contributed by atoms with Crippen LogP contribution in [0.1, 0.15) is 17.5 Å². The Hall–Kier alpha value is 0.990. The number of fused-ring (bicyclic) bond motifs is 1. The quantitative estimate of drug-likeness (QED) is 0.472. The van der Waals surface area contributed by atoms with E-state index in [2.05, 4.69) is 0 Å². The van der Waals surface area contributed by atoms with Crippen molar-refractivity contribution in [3.8, 4) is 0 Å². The Balaban J connectivity index is 2.49. The lowest BCUT2D eigenvalue weighted by Crippen LogP contribution is -2.51. The molecule has 109 valence electrons. The van der Waals surface area contributed by atoms with Crippen molar-refractivity contribution in [2.24, 2.45) is 0 Å². The minimum absolute atomic E-state index is 0.464. The van der Waals surface area contributed by atoms with Crippen LogP contribution in [0.15, 0.2) is 30.3 Å². The van der Waals surface area contributed by atoms with E-state index in [4.69, 9.17) is 81.2 Å². The molecular weight excluding hydrogens is 404 g/mol. The third kappa shape index (κ3) is 2.91. The molecule has 0 N–H and O–H groups in total. The molecular formula is C13H8Cl7. The van der Waals surface area contributed by atoms with Crippen molar-refractivity contribution < 1.29 is 0 Å². The molecule has 0 heterocycles. The average molecular weight is 412 g/mol. The van der Waals surface area contributed by atoms with Gasteiger partial charge in [0.05, 0.1) is 0 Å². The Morgan fingerprint density at radius 1 is 0.850 bits per heavy atom. The van der Waals surface area contributed by atoms with Crippen molar-refractivity contribution in [2.75, 3.05) is 0 Å². The van der Waals surface area contributed by atoms with E-state index in [0.29, 0.717) is 12.3 Å². The van der Waals surface area contributed by atoms with Gasteiger partial charge in [-0.1, -0.05) is 118 Å². The maximum Gasteiger partial charge on any atom is 0.226 e. The molecule has 7 heteroatoms. The Morgan fingerprint density at radius 2 is 1.45 bits per heavy atom. The molecule has 2 rings (SSSR count). The summed E-state index contributed by atoms with van der Waals surface area (Å²) < 4.78 is -5.83. The van der Waals surface area contributed by atoms with Gasteiger partial charge >= 0.3 is 0 Å². The van der Waals surface area contributed by atoms with Gasteiger partial charge in [0.15, 0.2) is 8.67 Å². The summed E-state index contributed by atoms with van der Waals surface area (Å²) in [4.78, 5) is 0. The van der Waals surface area contributed by atoms with Crippen LogP contribution >= 0.6 is 81.2 Å². The van der Waals surface area contributed by atoms with Crippen molar-refractivity contribution >= 4 is 87.3 Å². The summed E-state index contributed by atoms with van der Waals surface area (Å²) in [6.45, 7) is 0. The lowest BCUT2D eigenvalue weighted by atomic mass is 9.83. The summed E-state index contributed by atoms with van der Waals surface area (Å²) in [5.74, 6) is 0.593. The number of hydrogen-bond donors (Lipinski definition) is 0. The van der Waals surface area contributed by atoms with Crippen LogP contribution in [0.25, 0.3) is 6.08 Å². The molecule has 0 nitrogen and oxygen atoms in total. The minimum atomic E-state index is -2.05. The molecule has 0 atom stereocenters. The van der Waals surface area contributed by atoms with Crippen molar-refractivity contribution in [3.05, 3.63) is 47.4 Å². The van der Waals surface area contributed by atoms with Crippen LogP contribution in [0.2, 0.25) is 0 Å². The number of allylic oxidation sites excluding steroid dienone is 1. The third-order valence-electron chi connectivity index (χ3n) is 3.03. The summed E-state index contributed by atoms with van der Waals surface area (Å²) in [7, 11) is 0. The number of alkyl halides is 7. The highest BCUT2D eigenvalue weighted by Gasteiger charge is 2.63. The fourth-order valence-electron chi connectivity index (χ4n) is 2.00. The third-order valence-corrected chi connectivity index (χ3v) is 7.01. The molecule has 0 aliphatic heterocycles. The topological polar surface area (TPSA) is 0 Å². The van der Waals surface area contributed by atoms with Crippen LogP contribution in [0.4, 0.5) is 0 Å². The number of halogens is 7. The summed E-state index contributed by atoms with van der Waals surface area (Å²) in [6, 6.07) is 7.56. The van der Waals surface area contributed by atoms with Crippen molar-refractivity contribution in [3.63, 3.8) is 0 Å². The van der Waals surface area contributed by atoms with Crippen LogP contribution in [-0.4, -0.2) is 12.5 Å². The Morgan fingerprint density at radius 3 is 2.05 bits per heavy atom. The normalized spacial score (nSPS) is 17.1. The summed E-state index contributed by atoms with van der Waals surface area (Å²) in [5.41, 5.74) is 1.79. The predicted octanol–water partition coefficient (Wildman–Crippen LogP) is 6.74. The number of rotatable bonds is 2. The van der Waals surface area contributed by atoms with Gasteiger partial charge in [-0.2, -0.15) is 0 Å². The molecule has 1 aromatic rings. The first-order valence-electron chi connectivity index (χ1n) is 5.53. The Bertz CT molecular complexity index is 528. The summed E-state index contributed by atoms with van der Waals surface area (Å²) in [5, 5.41) is 0. The molecule has 20 heavy (non-hydrogen) atoms. The zero-order chi connectivity index (χ0) is 15.2. The fourth-order valence-corrected chi connectivity index (χ4v) is 3.58. The average Bonchev–Trinajstić information content (AvgIpc) is 2.36. The van der Waals surface area contributed by atoms with Gasteiger partial charge in [0.25, 0.3) is 0 Å². The fraction of sp³-hybridized carbons (Fsp3) is 0.308. The van der Waals surface area contributed by atoms with Gasteiger partial charge in [-0.15, -0.1) is 0 Å². The number of benzene rings is 1. The van der Waals surface area contributed by atoms with Gasteiger partial charge in [-0.05, 0) is 17.5 Å². The van der Waals surface area contributed by atoms with Crippen molar-refractivity contribution in [1.82, 2.24) is 0 Å². The van der Waals surface area contributed by atoms with E-state index < -0.39 is 12.5 Å². The first kappa shape index (κ1) is 17.3. The highest BCUT2D eigenvalue weighted by molar-refractivity contribution is 6.79. The van der Waals surface area contributed by atoms with Gasteiger partial charge in [0, 0.05) is 5.92 Å². The standard InChI is InChI=1S/C13H8Cl7/c14-11(15,12(16,17)13(18,19)20)10-7-3-5-8-4-1-2-6-9(8)10/h1-6H,7H2.